The molecule has 0 fully saturated rings. The summed E-state index contributed by atoms with van der Waals surface area (Å²) in [6, 6.07) is 71.7. The van der Waals surface area contributed by atoms with E-state index < -0.39 is 0 Å². The first-order valence-corrected chi connectivity index (χ1v) is 20.7. The van der Waals surface area contributed by atoms with Gasteiger partial charge in [-0.1, -0.05) is 152 Å². The summed E-state index contributed by atoms with van der Waals surface area (Å²) in [5.41, 5.74) is 9.41. The molecule has 2 aromatic heterocycles. The van der Waals surface area contributed by atoms with Crippen molar-refractivity contribution in [2.24, 2.45) is 0 Å². The maximum Gasteiger partial charge on any atom is 0.136 e. The highest BCUT2D eigenvalue weighted by molar-refractivity contribution is 7.26. The lowest BCUT2D eigenvalue weighted by atomic mass is 9.85. The highest BCUT2D eigenvalue weighted by atomic mass is 32.1. The Bertz CT molecular complexity index is 3810. The van der Waals surface area contributed by atoms with E-state index in [4.69, 9.17) is 4.42 Å². The monoisotopic (exact) mass is 752 g/mol. The fraction of sp³-hybridized carbons (Fsp3) is 0. The van der Waals surface area contributed by atoms with E-state index in [1.807, 2.05) is 17.4 Å². The Morgan fingerprint density at radius 3 is 1.47 bits per heavy atom. The van der Waals surface area contributed by atoms with Crippen LogP contribution in [0.2, 0.25) is 0 Å². The van der Waals surface area contributed by atoms with E-state index in [0.29, 0.717) is 0 Å². The van der Waals surface area contributed by atoms with Crippen LogP contribution in [0, 0.1) is 0 Å². The molecule has 0 radical (unpaired) electrons. The van der Waals surface area contributed by atoms with Crippen LogP contribution in [-0.4, -0.2) is 0 Å². The SMILES string of the molecule is c1ccc2cc(-c3c4ccccc4c(-c4ccc5cc(-c6cc7sc8cc9oc%10ccccc%10c9cc8c7c7ccccc67)ccc5c4)c4ccccc34)ccc2c1. The minimum absolute atomic E-state index is 0.937. The first-order chi connectivity index (χ1) is 28.7. The van der Waals surface area contributed by atoms with Gasteiger partial charge in [-0.3, -0.25) is 0 Å². The molecule has 13 rings (SSSR count). The number of thiophene rings is 1. The van der Waals surface area contributed by atoms with Gasteiger partial charge in [0.1, 0.15) is 11.2 Å². The molecular weight excluding hydrogens is 721 g/mol. The zero-order valence-corrected chi connectivity index (χ0v) is 32.1. The molecule has 2 heterocycles. The Balaban J connectivity index is 0.971. The summed E-state index contributed by atoms with van der Waals surface area (Å²) in [6.07, 6.45) is 0. The van der Waals surface area contributed by atoms with Gasteiger partial charge in [-0.25, -0.2) is 0 Å². The van der Waals surface area contributed by atoms with Crippen molar-refractivity contribution >= 4 is 107 Å². The van der Waals surface area contributed by atoms with Crippen molar-refractivity contribution in [2.75, 3.05) is 0 Å². The van der Waals surface area contributed by atoms with Crippen molar-refractivity contribution < 1.29 is 4.42 Å². The summed E-state index contributed by atoms with van der Waals surface area (Å²) in [5.74, 6) is 0. The largest absolute Gasteiger partial charge is 0.456 e. The Hall–Kier alpha value is -7.26. The highest BCUT2D eigenvalue weighted by Gasteiger charge is 2.19. The number of benzene rings is 11. The molecule has 0 saturated carbocycles. The number of hydrogen-bond donors (Lipinski definition) is 0. The number of para-hydroxylation sites is 1. The van der Waals surface area contributed by atoms with E-state index in [-0.39, 0.29) is 0 Å². The maximum atomic E-state index is 6.30. The third kappa shape index (κ3) is 4.64. The molecule has 0 unspecified atom stereocenters. The fourth-order valence-corrected chi connectivity index (χ4v) is 10.9. The van der Waals surface area contributed by atoms with Crippen molar-refractivity contribution in [3.8, 4) is 33.4 Å². The van der Waals surface area contributed by atoms with Gasteiger partial charge in [0.2, 0.25) is 0 Å². The van der Waals surface area contributed by atoms with E-state index in [1.165, 1.54) is 118 Å². The third-order valence-electron chi connectivity index (χ3n) is 12.4. The van der Waals surface area contributed by atoms with Crippen molar-refractivity contribution in [1.29, 1.82) is 0 Å². The number of furan rings is 1. The molecule has 1 nitrogen and oxygen atoms in total. The normalized spacial score (nSPS) is 12.1. The minimum atomic E-state index is 0.937. The van der Waals surface area contributed by atoms with Gasteiger partial charge in [-0.05, 0) is 130 Å². The molecule has 0 atom stereocenters. The molecule has 11 aromatic carbocycles. The molecule has 0 aliphatic heterocycles. The maximum absolute atomic E-state index is 6.30. The molecule has 0 amide bonds. The Labute approximate surface area is 337 Å². The lowest BCUT2D eigenvalue weighted by molar-refractivity contribution is 0.669. The Morgan fingerprint density at radius 1 is 0.293 bits per heavy atom. The number of hydrogen-bond acceptors (Lipinski definition) is 2. The summed E-state index contributed by atoms with van der Waals surface area (Å²) in [7, 11) is 0. The number of fused-ring (bicyclic) bond motifs is 12. The first kappa shape index (κ1) is 31.9. The average Bonchev–Trinajstić information content (AvgIpc) is 3.83. The lowest BCUT2D eigenvalue weighted by Gasteiger charge is -2.18. The summed E-state index contributed by atoms with van der Waals surface area (Å²) in [5, 5.41) is 17.6. The van der Waals surface area contributed by atoms with Crippen LogP contribution in [0.25, 0.3) is 129 Å². The van der Waals surface area contributed by atoms with Crippen molar-refractivity contribution in [2.45, 2.75) is 0 Å². The zero-order chi connectivity index (χ0) is 37.9. The summed E-state index contributed by atoms with van der Waals surface area (Å²) in [6.45, 7) is 0. The molecule has 0 N–H and O–H groups in total. The van der Waals surface area contributed by atoms with E-state index in [9.17, 15) is 0 Å². The van der Waals surface area contributed by atoms with Crippen LogP contribution in [0.5, 0.6) is 0 Å². The van der Waals surface area contributed by atoms with Crippen LogP contribution in [-0.2, 0) is 0 Å². The number of rotatable bonds is 3. The third-order valence-corrected chi connectivity index (χ3v) is 13.5. The van der Waals surface area contributed by atoms with Crippen LogP contribution in [0.15, 0.2) is 199 Å². The van der Waals surface area contributed by atoms with Crippen molar-refractivity contribution in [3.63, 3.8) is 0 Å². The second-order valence-corrected chi connectivity index (χ2v) is 16.7. The van der Waals surface area contributed by atoms with Crippen LogP contribution < -0.4 is 0 Å². The average molecular weight is 753 g/mol. The van der Waals surface area contributed by atoms with Gasteiger partial charge in [0.25, 0.3) is 0 Å². The van der Waals surface area contributed by atoms with Crippen LogP contribution in [0.4, 0.5) is 0 Å². The Morgan fingerprint density at radius 2 is 0.793 bits per heavy atom. The molecule has 0 spiro atoms. The molecule has 0 aliphatic rings. The smallest absolute Gasteiger partial charge is 0.136 e. The van der Waals surface area contributed by atoms with Gasteiger partial charge in [-0.2, -0.15) is 0 Å². The zero-order valence-electron chi connectivity index (χ0n) is 31.3. The lowest BCUT2D eigenvalue weighted by Crippen LogP contribution is -1.91. The van der Waals surface area contributed by atoms with Crippen LogP contribution in [0.3, 0.4) is 0 Å². The summed E-state index contributed by atoms with van der Waals surface area (Å²) < 4.78 is 8.84. The molecule has 0 saturated heterocycles. The van der Waals surface area contributed by atoms with Gasteiger partial charge < -0.3 is 4.42 Å². The van der Waals surface area contributed by atoms with E-state index >= 15 is 0 Å². The summed E-state index contributed by atoms with van der Waals surface area (Å²) >= 11 is 1.85. The predicted octanol–water partition coefficient (Wildman–Crippen LogP) is 16.7. The molecule has 0 aliphatic carbocycles. The fourth-order valence-electron chi connectivity index (χ4n) is 9.76. The quantitative estimate of drug-likeness (QED) is 0.164. The second kappa shape index (κ2) is 12.1. The van der Waals surface area contributed by atoms with E-state index in [1.54, 1.807) is 0 Å². The van der Waals surface area contributed by atoms with Gasteiger partial charge in [-0.15, -0.1) is 11.3 Å². The van der Waals surface area contributed by atoms with E-state index in [2.05, 4.69) is 188 Å². The molecule has 58 heavy (non-hydrogen) atoms. The van der Waals surface area contributed by atoms with Crippen molar-refractivity contribution in [1.82, 2.24) is 0 Å². The standard InChI is InChI=1S/C56H32OS/c1-2-12-34-28-38(25-21-33(34)11-1)54-43-16-5-7-18-45(43)55(46-19-8-6-17-44(46)54)39-26-23-35-27-37(24-22-36(35)29-39)47-31-53-56(42-15-4-3-13-40(42)47)49-30-48-41-14-9-10-20-50(41)57-51(48)32-52(49)58-53/h1-32H. The topological polar surface area (TPSA) is 13.1 Å². The van der Waals surface area contributed by atoms with E-state index in [0.717, 1.165) is 11.2 Å². The van der Waals surface area contributed by atoms with Gasteiger partial charge in [0, 0.05) is 30.9 Å². The minimum Gasteiger partial charge on any atom is -0.456 e. The van der Waals surface area contributed by atoms with Gasteiger partial charge in [0.05, 0.1) is 0 Å². The predicted molar refractivity (Wildman–Crippen MR) is 250 cm³/mol. The highest BCUT2D eigenvalue weighted by Crippen LogP contribution is 2.47. The molecular formula is C56H32OS. The van der Waals surface area contributed by atoms with Crippen LogP contribution >= 0.6 is 11.3 Å². The van der Waals surface area contributed by atoms with Gasteiger partial charge in [0.15, 0.2) is 0 Å². The van der Waals surface area contributed by atoms with Gasteiger partial charge >= 0.3 is 0 Å². The Kier molecular flexibility index (Phi) is 6.66. The molecule has 0 bridgehead atoms. The molecule has 268 valence electrons. The van der Waals surface area contributed by atoms with Crippen molar-refractivity contribution in [3.05, 3.63) is 194 Å². The molecule has 13 aromatic rings. The first-order valence-electron chi connectivity index (χ1n) is 19.9. The molecule has 2 heteroatoms. The van der Waals surface area contributed by atoms with Crippen LogP contribution in [0.1, 0.15) is 0 Å². The second-order valence-electron chi connectivity index (χ2n) is 15.6. The summed E-state index contributed by atoms with van der Waals surface area (Å²) in [4.78, 5) is 0.